The molecule has 11 rings (SSSR count). The van der Waals surface area contributed by atoms with E-state index >= 15 is 0 Å². The van der Waals surface area contributed by atoms with E-state index in [-0.39, 0.29) is 0 Å². The van der Waals surface area contributed by atoms with Gasteiger partial charge in [0.2, 0.25) is 0 Å². The Labute approximate surface area is 316 Å². The minimum Gasteiger partial charge on any atom is -0.309 e. The Bertz CT molecular complexity index is 3400. The van der Waals surface area contributed by atoms with Crippen molar-refractivity contribution in [2.75, 3.05) is 0 Å². The average molecular weight is 700 g/mol. The molecule has 254 valence electrons. The van der Waals surface area contributed by atoms with E-state index in [4.69, 9.17) is 0 Å². The lowest BCUT2D eigenvalue weighted by Crippen LogP contribution is -1.98. The minimum absolute atomic E-state index is 0.596. The van der Waals surface area contributed by atoms with Crippen LogP contribution in [0.3, 0.4) is 0 Å². The minimum atomic E-state index is 0.596. The zero-order chi connectivity index (χ0) is 36.6. The van der Waals surface area contributed by atoms with Gasteiger partial charge in [0.15, 0.2) is 0 Å². The largest absolute Gasteiger partial charge is 0.309 e. The van der Waals surface area contributed by atoms with Crippen LogP contribution < -0.4 is 0 Å². The number of rotatable bonds is 4. The third-order valence-corrected chi connectivity index (χ3v) is 11.1. The van der Waals surface area contributed by atoms with E-state index in [0.29, 0.717) is 11.1 Å². The predicted molar refractivity (Wildman–Crippen MR) is 224 cm³/mol. The molecular formula is C50H29N5. The van der Waals surface area contributed by atoms with Crippen molar-refractivity contribution in [1.82, 2.24) is 13.7 Å². The zero-order valence-electron chi connectivity index (χ0n) is 29.5. The quantitative estimate of drug-likeness (QED) is 0.184. The summed E-state index contributed by atoms with van der Waals surface area (Å²) in [6.45, 7) is 0. The van der Waals surface area contributed by atoms with Crippen molar-refractivity contribution >= 4 is 65.4 Å². The van der Waals surface area contributed by atoms with Crippen molar-refractivity contribution in [3.05, 3.63) is 187 Å². The van der Waals surface area contributed by atoms with E-state index in [1.807, 2.05) is 30.3 Å². The molecule has 0 aliphatic rings. The number of hydrogen-bond donors (Lipinski definition) is 0. The van der Waals surface area contributed by atoms with Crippen molar-refractivity contribution in [3.8, 4) is 40.3 Å². The van der Waals surface area contributed by atoms with E-state index in [1.54, 1.807) is 0 Å². The van der Waals surface area contributed by atoms with Gasteiger partial charge in [-0.2, -0.15) is 10.5 Å². The Morgan fingerprint density at radius 1 is 0.364 bits per heavy atom. The molecule has 8 aromatic carbocycles. The Morgan fingerprint density at radius 3 is 1.53 bits per heavy atom. The molecule has 0 atom stereocenters. The van der Waals surface area contributed by atoms with Crippen LogP contribution in [0.4, 0.5) is 0 Å². The van der Waals surface area contributed by atoms with Crippen molar-refractivity contribution in [2.24, 2.45) is 0 Å². The third-order valence-electron chi connectivity index (χ3n) is 11.1. The first-order chi connectivity index (χ1) is 27.2. The van der Waals surface area contributed by atoms with Gasteiger partial charge in [-0.3, -0.25) is 0 Å². The lowest BCUT2D eigenvalue weighted by Gasteiger charge is -2.13. The van der Waals surface area contributed by atoms with Crippen LogP contribution in [0.2, 0.25) is 0 Å². The average Bonchev–Trinajstić information content (AvgIpc) is 3.90. The van der Waals surface area contributed by atoms with Crippen LogP contribution >= 0.6 is 0 Å². The monoisotopic (exact) mass is 699 g/mol. The van der Waals surface area contributed by atoms with Crippen LogP contribution in [-0.2, 0) is 0 Å². The number of para-hydroxylation sites is 5. The van der Waals surface area contributed by atoms with Gasteiger partial charge in [-0.15, -0.1) is 0 Å². The summed E-state index contributed by atoms with van der Waals surface area (Å²) in [5.41, 5.74) is 12.5. The lowest BCUT2D eigenvalue weighted by atomic mass is 9.99. The van der Waals surface area contributed by atoms with Crippen LogP contribution in [0.25, 0.3) is 93.6 Å². The van der Waals surface area contributed by atoms with E-state index in [9.17, 15) is 10.5 Å². The highest BCUT2D eigenvalue weighted by molar-refractivity contribution is 6.16. The van der Waals surface area contributed by atoms with E-state index in [1.165, 1.54) is 21.8 Å². The highest BCUT2D eigenvalue weighted by Gasteiger charge is 2.20. The summed E-state index contributed by atoms with van der Waals surface area (Å²) in [4.78, 5) is 0. The fourth-order valence-corrected chi connectivity index (χ4v) is 8.83. The summed E-state index contributed by atoms with van der Waals surface area (Å²) in [5, 5.41) is 27.5. The lowest BCUT2D eigenvalue weighted by molar-refractivity contribution is 1.17. The molecule has 0 aliphatic heterocycles. The maximum absolute atomic E-state index is 10.6. The van der Waals surface area contributed by atoms with Crippen LogP contribution in [0.5, 0.6) is 0 Å². The summed E-state index contributed by atoms with van der Waals surface area (Å²) in [5.74, 6) is 0. The number of aromatic nitrogens is 3. The standard InChI is InChI=1S/C50H29N5/c51-30-33-11-9-16-41-40-14-3-5-17-43(40)54(50(33)41)35-25-23-32(24-26-35)37-28-27-36(29-34(37)31-52)53-46-20-8-4-15-42(46)49-47(53)21-10-22-48(49)55-44-18-6-1-12-38(44)39-13-2-7-19-45(39)55/h1-29H. The van der Waals surface area contributed by atoms with Gasteiger partial charge in [-0.25, -0.2) is 0 Å². The van der Waals surface area contributed by atoms with Gasteiger partial charge in [0, 0.05) is 43.7 Å². The summed E-state index contributed by atoms with van der Waals surface area (Å²) in [6.07, 6.45) is 0. The number of fused-ring (bicyclic) bond motifs is 9. The molecule has 0 aliphatic carbocycles. The summed E-state index contributed by atoms with van der Waals surface area (Å²) in [7, 11) is 0. The van der Waals surface area contributed by atoms with Gasteiger partial charge in [0.25, 0.3) is 0 Å². The second-order valence-electron chi connectivity index (χ2n) is 13.9. The highest BCUT2D eigenvalue weighted by atomic mass is 15.0. The molecule has 0 bridgehead atoms. The van der Waals surface area contributed by atoms with Crippen molar-refractivity contribution in [2.45, 2.75) is 0 Å². The molecule has 0 amide bonds. The summed E-state index contributed by atoms with van der Waals surface area (Å²) >= 11 is 0. The van der Waals surface area contributed by atoms with Gasteiger partial charge in [0.1, 0.15) is 6.07 Å². The second-order valence-corrected chi connectivity index (χ2v) is 13.9. The fourth-order valence-electron chi connectivity index (χ4n) is 8.83. The molecule has 0 radical (unpaired) electrons. The molecule has 0 spiro atoms. The van der Waals surface area contributed by atoms with E-state index < -0.39 is 0 Å². The zero-order valence-corrected chi connectivity index (χ0v) is 29.5. The number of benzene rings is 8. The van der Waals surface area contributed by atoms with Gasteiger partial charge < -0.3 is 13.7 Å². The SMILES string of the molecule is N#Cc1cc(-n2c3ccccc3c3c(-n4c5ccccc5c5ccccc54)cccc32)ccc1-c1ccc(-n2c3ccccc3c3cccc(C#N)c32)cc1. The molecule has 3 aromatic heterocycles. The Morgan fingerprint density at radius 2 is 0.873 bits per heavy atom. The van der Waals surface area contributed by atoms with Gasteiger partial charge in [-0.05, 0) is 77.9 Å². The molecule has 5 heteroatoms. The maximum Gasteiger partial charge on any atom is 0.101 e. The van der Waals surface area contributed by atoms with Crippen LogP contribution in [0, 0.1) is 22.7 Å². The fraction of sp³-hybridized carbons (Fsp3) is 0. The molecule has 11 aromatic rings. The van der Waals surface area contributed by atoms with E-state index in [2.05, 4.69) is 171 Å². The Balaban J connectivity index is 1.06. The summed E-state index contributed by atoms with van der Waals surface area (Å²) < 4.78 is 6.83. The van der Waals surface area contributed by atoms with Crippen LogP contribution in [0.15, 0.2) is 176 Å². The molecule has 0 saturated carbocycles. The molecule has 3 heterocycles. The first-order valence-electron chi connectivity index (χ1n) is 18.3. The molecule has 55 heavy (non-hydrogen) atoms. The van der Waals surface area contributed by atoms with Crippen molar-refractivity contribution in [3.63, 3.8) is 0 Å². The number of nitriles is 2. The van der Waals surface area contributed by atoms with Gasteiger partial charge in [-0.1, -0.05) is 109 Å². The summed E-state index contributed by atoms with van der Waals surface area (Å²) in [6, 6.07) is 65.8. The van der Waals surface area contributed by atoms with Crippen LogP contribution in [-0.4, -0.2) is 13.7 Å². The normalized spacial score (nSPS) is 11.6. The Kier molecular flexibility index (Phi) is 6.61. The van der Waals surface area contributed by atoms with Crippen molar-refractivity contribution in [1.29, 1.82) is 10.5 Å². The molecule has 0 fully saturated rings. The maximum atomic E-state index is 10.6. The molecule has 0 unspecified atom stereocenters. The topological polar surface area (TPSA) is 62.4 Å². The number of hydrogen-bond acceptors (Lipinski definition) is 2. The molecular weight excluding hydrogens is 671 g/mol. The third kappa shape index (κ3) is 4.39. The molecule has 0 saturated heterocycles. The van der Waals surface area contributed by atoms with Gasteiger partial charge in [0.05, 0.1) is 56.0 Å². The first kappa shape index (κ1) is 30.7. The van der Waals surface area contributed by atoms with Crippen molar-refractivity contribution < 1.29 is 0 Å². The Hall–Kier alpha value is -7.86. The first-order valence-corrected chi connectivity index (χ1v) is 18.3. The van der Waals surface area contributed by atoms with E-state index in [0.717, 1.165) is 71.8 Å². The smallest absolute Gasteiger partial charge is 0.101 e. The second kappa shape index (κ2) is 11.8. The molecule has 5 nitrogen and oxygen atoms in total. The highest BCUT2D eigenvalue weighted by Crippen LogP contribution is 2.41. The van der Waals surface area contributed by atoms with Crippen LogP contribution in [0.1, 0.15) is 11.1 Å². The van der Waals surface area contributed by atoms with Gasteiger partial charge >= 0.3 is 0 Å². The predicted octanol–water partition coefficient (Wildman–Crippen LogP) is 12.4. The molecule has 0 N–H and O–H groups in total. The number of nitrogens with zero attached hydrogens (tertiary/aromatic N) is 5.